The fourth-order valence-electron chi connectivity index (χ4n) is 4.23. The number of thioether (sulfide) groups is 1. The smallest absolute Gasteiger partial charge is 0.266 e. The highest BCUT2D eigenvalue weighted by Gasteiger charge is 2.32. The van der Waals surface area contributed by atoms with E-state index in [9.17, 15) is 13.2 Å². The minimum atomic E-state index is -3.68. The van der Waals surface area contributed by atoms with E-state index in [0.29, 0.717) is 58.9 Å². The molecule has 0 atom stereocenters. The van der Waals surface area contributed by atoms with E-state index in [4.69, 9.17) is 22.1 Å². The number of carbonyl (C=O) groups is 1. The van der Waals surface area contributed by atoms with Crippen LogP contribution < -0.4 is 0 Å². The van der Waals surface area contributed by atoms with Crippen LogP contribution in [0.4, 0.5) is 0 Å². The quantitative estimate of drug-likeness (QED) is 0.320. The molecule has 192 valence electrons. The molecular weight excluding hydrogens is 529 g/mol. The number of carbonyl (C=O) groups excluding carboxylic acids is 1. The second kappa shape index (κ2) is 10.9. The molecule has 2 saturated heterocycles. The second-order valence-electron chi connectivity index (χ2n) is 8.59. The Morgan fingerprint density at radius 3 is 2.59 bits per heavy atom. The lowest BCUT2D eigenvalue weighted by molar-refractivity contribution is -0.122. The fraction of sp³-hybridized carbons (Fsp3) is 0.269. The monoisotopic (exact) mass is 554 g/mol. The number of para-hydroxylation sites is 1. The molecule has 1 aromatic heterocycles. The first kappa shape index (κ1) is 25.8. The molecule has 37 heavy (non-hydrogen) atoms. The first-order valence-electron chi connectivity index (χ1n) is 12.0. The maximum absolute atomic E-state index is 13.3. The third-order valence-corrected chi connectivity index (χ3v) is 9.36. The van der Waals surface area contributed by atoms with E-state index < -0.39 is 10.0 Å². The van der Waals surface area contributed by atoms with Gasteiger partial charge in [-0.15, -0.1) is 0 Å². The Balaban J connectivity index is 1.58. The van der Waals surface area contributed by atoms with Gasteiger partial charge in [-0.2, -0.15) is 9.40 Å². The summed E-state index contributed by atoms with van der Waals surface area (Å²) in [5.74, 6) is -0.126. The molecule has 2 aliphatic heterocycles. The van der Waals surface area contributed by atoms with Crippen LogP contribution in [0.1, 0.15) is 18.9 Å². The zero-order valence-electron chi connectivity index (χ0n) is 20.2. The van der Waals surface area contributed by atoms with Crippen LogP contribution in [0, 0.1) is 0 Å². The van der Waals surface area contributed by atoms with Crippen LogP contribution in [0.2, 0.25) is 0 Å². The number of morpholine rings is 1. The van der Waals surface area contributed by atoms with E-state index in [1.807, 2.05) is 49.5 Å². The number of sulfonamides is 1. The maximum Gasteiger partial charge on any atom is 0.266 e. The minimum Gasteiger partial charge on any atom is -0.379 e. The summed E-state index contributed by atoms with van der Waals surface area (Å²) in [6, 6.07) is 16.4. The minimum absolute atomic E-state index is 0.126. The molecule has 2 aliphatic rings. The third-order valence-electron chi connectivity index (χ3n) is 6.09. The van der Waals surface area contributed by atoms with Gasteiger partial charge in [0.25, 0.3) is 5.91 Å². The van der Waals surface area contributed by atoms with Crippen molar-refractivity contribution in [3.05, 3.63) is 71.3 Å². The Morgan fingerprint density at radius 2 is 1.86 bits per heavy atom. The molecule has 0 unspecified atom stereocenters. The molecule has 0 radical (unpaired) electrons. The van der Waals surface area contributed by atoms with E-state index in [-0.39, 0.29) is 10.8 Å². The Bertz CT molecular complexity index is 1460. The summed E-state index contributed by atoms with van der Waals surface area (Å²) in [4.78, 5) is 15.3. The van der Waals surface area contributed by atoms with Crippen molar-refractivity contribution in [3.8, 4) is 16.9 Å². The highest BCUT2D eigenvalue weighted by atomic mass is 32.2. The first-order chi connectivity index (χ1) is 17.9. The SMILES string of the molecule is CCCN1C(=O)/C(=C/c2cn(-c3ccccc3)nc2-c2cccc(S(=O)(=O)N3CCOCC3)c2)SC1=S. The van der Waals surface area contributed by atoms with Gasteiger partial charge in [0.2, 0.25) is 10.0 Å². The molecule has 3 heterocycles. The van der Waals surface area contributed by atoms with Crippen LogP contribution in [-0.2, 0) is 19.6 Å². The molecule has 2 aromatic carbocycles. The average Bonchev–Trinajstić information content (AvgIpc) is 3.46. The van der Waals surface area contributed by atoms with Crippen LogP contribution in [0.15, 0.2) is 70.6 Å². The van der Waals surface area contributed by atoms with E-state index in [0.717, 1.165) is 12.1 Å². The lowest BCUT2D eigenvalue weighted by atomic mass is 10.1. The van der Waals surface area contributed by atoms with Gasteiger partial charge in [-0.1, -0.05) is 61.2 Å². The normalized spacial score (nSPS) is 18.2. The second-order valence-corrected chi connectivity index (χ2v) is 12.2. The topological polar surface area (TPSA) is 84.7 Å². The Morgan fingerprint density at radius 1 is 1.11 bits per heavy atom. The van der Waals surface area contributed by atoms with Crippen molar-refractivity contribution < 1.29 is 17.9 Å². The third kappa shape index (κ3) is 5.27. The molecule has 0 bridgehead atoms. The van der Waals surface area contributed by atoms with Crippen LogP contribution in [0.25, 0.3) is 23.0 Å². The molecule has 0 saturated carbocycles. The number of aromatic nitrogens is 2. The lowest BCUT2D eigenvalue weighted by Crippen LogP contribution is -2.40. The maximum atomic E-state index is 13.3. The van der Waals surface area contributed by atoms with Crippen molar-refractivity contribution in [1.29, 1.82) is 0 Å². The fourth-order valence-corrected chi connectivity index (χ4v) is 6.98. The van der Waals surface area contributed by atoms with Gasteiger partial charge in [-0.25, -0.2) is 13.1 Å². The summed E-state index contributed by atoms with van der Waals surface area (Å²) < 4.78 is 35.6. The van der Waals surface area contributed by atoms with Crippen molar-refractivity contribution in [3.63, 3.8) is 0 Å². The molecule has 0 aliphatic carbocycles. The number of nitrogens with zero attached hydrogens (tertiary/aromatic N) is 4. The average molecular weight is 555 g/mol. The molecule has 8 nitrogen and oxygen atoms in total. The van der Waals surface area contributed by atoms with Crippen molar-refractivity contribution >= 4 is 50.3 Å². The van der Waals surface area contributed by atoms with Gasteiger partial charge in [0.1, 0.15) is 10.0 Å². The molecule has 3 aromatic rings. The molecule has 2 fully saturated rings. The van der Waals surface area contributed by atoms with Crippen molar-refractivity contribution in [1.82, 2.24) is 19.0 Å². The van der Waals surface area contributed by atoms with E-state index in [1.165, 1.54) is 16.1 Å². The standard InChI is InChI=1S/C26H26N4O4S3/c1-2-11-29-25(31)23(36-26(29)35)17-20-18-30(21-8-4-3-5-9-21)27-24(20)19-7-6-10-22(16-19)37(32,33)28-12-14-34-15-13-28/h3-10,16-18H,2,11-15H2,1H3/b23-17-. The highest BCUT2D eigenvalue weighted by molar-refractivity contribution is 8.26. The van der Waals surface area contributed by atoms with Crippen molar-refractivity contribution in [2.24, 2.45) is 0 Å². The summed E-state index contributed by atoms with van der Waals surface area (Å²) in [5.41, 5.74) is 2.75. The zero-order chi connectivity index (χ0) is 26.0. The Hall–Kier alpha value is -2.83. The summed E-state index contributed by atoms with van der Waals surface area (Å²) in [6.07, 6.45) is 4.45. The van der Waals surface area contributed by atoms with Crippen molar-refractivity contribution in [2.45, 2.75) is 18.2 Å². The summed E-state index contributed by atoms with van der Waals surface area (Å²) in [7, 11) is -3.68. The molecule has 5 rings (SSSR count). The molecule has 0 spiro atoms. The summed E-state index contributed by atoms with van der Waals surface area (Å²) >= 11 is 6.70. The van der Waals surface area contributed by atoms with Gasteiger partial charge < -0.3 is 4.74 Å². The van der Waals surface area contributed by atoms with Crippen LogP contribution in [-0.4, -0.2) is 70.5 Å². The molecular formula is C26H26N4O4S3. The van der Waals surface area contributed by atoms with Gasteiger partial charge in [0.15, 0.2) is 0 Å². The number of thiocarbonyl (C=S) groups is 1. The lowest BCUT2D eigenvalue weighted by Gasteiger charge is -2.26. The van der Waals surface area contributed by atoms with Crippen LogP contribution >= 0.6 is 24.0 Å². The Labute approximate surface area is 226 Å². The van der Waals surface area contributed by atoms with E-state index >= 15 is 0 Å². The number of hydrogen-bond donors (Lipinski definition) is 0. The molecule has 11 heteroatoms. The summed E-state index contributed by atoms with van der Waals surface area (Å²) in [5, 5.41) is 4.80. The van der Waals surface area contributed by atoms with E-state index in [1.54, 1.807) is 33.9 Å². The molecule has 1 amide bonds. The molecule has 0 N–H and O–H groups in total. The van der Waals surface area contributed by atoms with Crippen LogP contribution in [0.3, 0.4) is 0 Å². The predicted molar refractivity (Wildman–Crippen MR) is 149 cm³/mol. The number of benzene rings is 2. The van der Waals surface area contributed by atoms with Gasteiger partial charge in [0.05, 0.1) is 28.7 Å². The zero-order valence-corrected chi connectivity index (χ0v) is 22.7. The summed E-state index contributed by atoms with van der Waals surface area (Å²) in [6.45, 7) is 3.96. The number of hydrogen-bond acceptors (Lipinski definition) is 7. The van der Waals surface area contributed by atoms with Gasteiger partial charge in [-0.3, -0.25) is 9.69 Å². The van der Waals surface area contributed by atoms with Gasteiger partial charge in [-0.05, 0) is 36.8 Å². The first-order valence-corrected chi connectivity index (χ1v) is 14.6. The van der Waals surface area contributed by atoms with Gasteiger partial charge >= 0.3 is 0 Å². The number of ether oxygens (including phenoxy) is 1. The number of rotatable bonds is 7. The van der Waals surface area contributed by atoms with Crippen LogP contribution in [0.5, 0.6) is 0 Å². The predicted octanol–water partition coefficient (Wildman–Crippen LogP) is 4.17. The largest absolute Gasteiger partial charge is 0.379 e. The number of amides is 1. The van der Waals surface area contributed by atoms with E-state index in [2.05, 4.69) is 0 Å². The van der Waals surface area contributed by atoms with Gasteiger partial charge in [0, 0.05) is 37.0 Å². The van der Waals surface area contributed by atoms with Crippen molar-refractivity contribution in [2.75, 3.05) is 32.8 Å². The highest BCUT2D eigenvalue weighted by Crippen LogP contribution is 2.35. The Kier molecular flexibility index (Phi) is 7.59.